The minimum atomic E-state index is -0.439. The van der Waals surface area contributed by atoms with Crippen LogP contribution in [-0.4, -0.2) is 5.91 Å². The number of halogens is 1. The Balaban J connectivity index is 2.18. The molecule has 0 bridgehead atoms. The maximum atomic E-state index is 11.6. The van der Waals surface area contributed by atoms with E-state index in [0.29, 0.717) is 22.9 Å². The molecule has 0 heterocycles. The summed E-state index contributed by atoms with van der Waals surface area (Å²) >= 11 is 5.86. The fourth-order valence-electron chi connectivity index (χ4n) is 1.62. The minimum Gasteiger partial charge on any atom is -0.488 e. The Morgan fingerprint density at radius 2 is 1.95 bits per heavy atom. The molecule has 0 unspecified atom stereocenters. The lowest BCUT2D eigenvalue weighted by Gasteiger charge is -2.11. The van der Waals surface area contributed by atoms with Crippen molar-refractivity contribution in [3.8, 4) is 5.75 Å². The molecule has 1 amide bonds. The molecule has 2 rings (SSSR count). The molecule has 0 aliphatic rings. The van der Waals surface area contributed by atoms with Crippen molar-refractivity contribution in [1.29, 1.82) is 0 Å². The van der Waals surface area contributed by atoms with Crippen molar-refractivity contribution in [3.05, 3.63) is 64.7 Å². The van der Waals surface area contributed by atoms with E-state index in [1.807, 2.05) is 30.3 Å². The number of benzene rings is 2. The first kappa shape index (κ1) is 13.4. The molecule has 4 nitrogen and oxygen atoms in total. The Labute approximate surface area is 116 Å². The van der Waals surface area contributed by atoms with E-state index in [-0.39, 0.29) is 0 Å². The Bertz CT molecular complexity index is 573. The lowest BCUT2D eigenvalue weighted by Crippen LogP contribution is -2.30. The number of hydrazine groups is 1. The summed E-state index contributed by atoms with van der Waals surface area (Å²) in [6.45, 7) is 0.368. The molecule has 0 spiro atoms. The largest absolute Gasteiger partial charge is 0.488 e. The summed E-state index contributed by atoms with van der Waals surface area (Å²) in [6, 6.07) is 14.5. The van der Waals surface area contributed by atoms with E-state index in [0.717, 1.165) is 5.56 Å². The molecule has 19 heavy (non-hydrogen) atoms. The van der Waals surface area contributed by atoms with Gasteiger partial charge in [-0.25, -0.2) is 5.84 Å². The molecular weight excluding hydrogens is 264 g/mol. The number of carbonyl (C=O) groups excluding carboxylic acids is 1. The van der Waals surface area contributed by atoms with Crippen LogP contribution in [0.4, 0.5) is 0 Å². The number of hydrogen-bond donors (Lipinski definition) is 2. The van der Waals surface area contributed by atoms with Gasteiger partial charge in [0.25, 0.3) is 5.91 Å². The Hall–Kier alpha value is -2.04. The van der Waals surface area contributed by atoms with E-state index in [1.54, 1.807) is 12.1 Å². The summed E-state index contributed by atoms with van der Waals surface area (Å²) in [6.07, 6.45) is 0. The quantitative estimate of drug-likeness (QED) is 0.512. The summed E-state index contributed by atoms with van der Waals surface area (Å²) in [5, 5.41) is 0.450. The highest BCUT2D eigenvalue weighted by Gasteiger charge is 2.12. The third-order valence-electron chi connectivity index (χ3n) is 2.55. The zero-order valence-electron chi connectivity index (χ0n) is 10.1. The van der Waals surface area contributed by atoms with Crippen LogP contribution < -0.4 is 16.0 Å². The van der Waals surface area contributed by atoms with E-state index in [4.69, 9.17) is 22.2 Å². The number of carbonyl (C=O) groups is 1. The zero-order valence-corrected chi connectivity index (χ0v) is 10.9. The third kappa shape index (κ3) is 3.47. The first-order valence-corrected chi connectivity index (χ1v) is 6.05. The van der Waals surface area contributed by atoms with Crippen LogP contribution in [0.2, 0.25) is 5.02 Å². The van der Waals surface area contributed by atoms with Gasteiger partial charge in [-0.05, 0) is 23.8 Å². The van der Waals surface area contributed by atoms with Gasteiger partial charge in [-0.15, -0.1) is 0 Å². The molecule has 0 aliphatic heterocycles. The Morgan fingerprint density at radius 3 is 2.63 bits per heavy atom. The first-order chi connectivity index (χ1) is 9.20. The summed E-state index contributed by atoms with van der Waals surface area (Å²) in [5.41, 5.74) is 3.39. The summed E-state index contributed by atoms with van der Waals surface area (Å²) in [4.78, 5) is 11.6. The molecule has 5 heteroatoms. The highest BCUT2D eigenvalue weighted by molar-refractivity contribution is 6.31. The second-order valence-electron chi connectivity index (χ2n) is 3.89. The molecule has 0 fully saturated rings. The van der Waals surface area contributed by atoms with E-state index in [1.165, 1.54) is 6.07 Å². The number of amides is 1. The predicted octanol–water partition coefficient (Wildman–Crippen LogP) is 2.52. The maximum absolute atomic E-state index is 11.6. The van der Waals surface area contributed by atoms with E-state index in [2.05, 4.69) is 5.43 Å². The van der Waals surface area contributed by atoms with Crippen LogP contribution in [0.5, 0.6) is 5.75 Å². The molecule has 0 aliphatic carbocycles. The van der Waals surface area contributed by atoms with Gasteiger partial charge >= 0.3 is 0 Å². The van der Waals surface area contributed by atoms with Crippen LogP contribution in [0.15, 0.2) is 48.5 Å². The van der Waals surface area contributed by atoms with Crippen LogP contribution in [-0.2, 0) is 6.61 Å². The molecule has 2 aromatic rings. The molecule has 0 radical (unpaired) electrons. The third-order valence-corrected chi connectivity index (χ3v) is 2.79. The predicted molar refractivity (Wildman–Crippen MR) is 73.9 cm³/mol. The molecule has 98 valence electrons. The highest BCUT2D eigenvalue weighted by atomic mass is 35.5. The highest BCUT2D eigenvalue weighted by Crippen LogP contribution is 2.23. The zero-order chi connectivity index (χ0) is 13.7. The molecule has 3 N–H and O–H groups in total. The fourth-order valence-corrected chi connectivity index (χ4v) is 1.79. The van der Waals surface area contributed by atoms with Gasteiger partial charge in [-0.2, -0.15) is 0 Å². The van der Waals surface area contributed by atoms with Crippen molar-refractivity contribution in [2.24, 2.45) is 5.84 Å². The molecule has 0 saturated heterocycles. The van der Waals surface area contributed by atoms with E-state index >= 15 is 0 Å². The van der Waals surface area contributed by atoms with Gasteiger partial charge in [-0.3, -0.25) is 10.2 Å². The van der Waals surface area contributed by atoms with Crippen LogP contribution in [0.3, 0.4) is 0 Å². The summed E-state index contributed by atoms with van der Waals surface area (Å²) < 4.78 is 5.63. The van der Waals surface area contributed by atoms with E-state index in [9.17, 15) is 4.79 Å². The second kappa shape index (κ2) is 6.22. The molecule has 0 saturated carbocycles. The maximum Gasteiger partial charge on any atom is 0.268 e. The van der Waals surface area contributed by atoms with Crippen molar-refractivity contribution in [2.45, 2.75) is 6.61 Å². The average Bonchev–Trinajstić information content (AvgIpc) is 2.46. The number of rotatable bonds is 4. The number of nitrogens with two attached hydrogens (primary N) is 1. The number of hydrogen-bond acceptors (Lipinski definition) is 3. The van der Waals surface area contributed by atoms with Crippen molar-refractivity contribution in [2.75, 3.05) is 0 Å². The topological polar surface area (TPSA) is 64.3 Å². The first-order valence-electron chi connectivity index (χ1n) is 5.68. The summed E-state index contributed by atoms with van der Waals surface area (Å²) in [7, 11) is 0. The minimum absolute atomic E-state index is 0.311. The molecule has 2 aromatic carbocycles. The SMILES string of the molecule is NNC(=O)c1cc(Cl)ccc1OCc1ccccc1. The molecule has 0 aromatic heterocycles. The number of ether oxygens (including phenoxy) is 1. The van der Waals surface area contributed by atoms with Gasteiger partial charge in [0.05, 0.1) is 5.56 Å². The number of nitrogens with one attached hydrogen (secondary N) is 1. The van der Waals surface area contributed by atoms with Crippen LogP contribution in [0.1, 0.15) is 15.9 Å². The van der Waals surface area contributed by atoms with Crippen molar-refractivity contribution >= 4 is 17.5 Å². The Morgan fingerprint density at radius 1 is 1.21 bits per heavy atom. The number of nitrogen functional groups attached to an aromatic ring is 1. The van der Waals surface area contributed by atoms with Gasteiger partial charge < -0.3 is 4.74 Å². The van der Waals surface area contributed by atoms with E-state index < -0.39 is 5.91 Å². The van der Waals surface area contributed by atoms with Crippen molar-refractivity contribution in [1.82, 2.24) is 5.43 Å². The molecule has 0 atom stereocenters. The smallest absolute Gasteiger partial charge is 0.268 e. The lowest BCUT2D eigenvalue weighted by atomic mass is 10.2. The van der Waals surface area contributed by atoms with Gasteiger partial charge in [-0.1, -0.05) is 41.9 Å². The van der Waals surface area contributed by atoms with Gasteiger partial charge in [0.15, 0.2) is 0 Å². The van der Waals surface area contributed by atoms with Crippen LogP contribution >= 0.6 is 11.6 Å². The van der Waals surface area contributed by atoms with Gasteiger partial charge in [0.2, 0.25) is 0 Å². The Kier molecular flexibility index (Phi) is 4.39. The summed E-state index contributed by atoms with van der Waals surface area (Å²) in [5.74, 6) is 5.13. The van der Waals surface area contributed by atoms with Crippen molar-refractivity contribution in [3.63, 3.8) is 0 Å². The molecular formula is C14H13ClN2O2. The van der Waals surface area contributed by atoms with Gasteiger partial charge in [0.1, 0.15) is 12.4 Å². The monoisotopic (exact) mass is 276 g/mol. The fraction of sp³-hybridized carbons (Fsp3) is 0.0714. The lowest BCUT2D eigenvalue weighted by molar-refractivity contribution is 0.0949. The second-order valence-corrected chi connectivity index (χ2v) is 4.32. The standard InChI is InChI=1S/C14H13ClN2O2/c15-11-6-7-13(12(8-11)14(18)17-16)19-9-10-4-2-1-3-5-10/h1-8H,9,16H2,(H,17,18). The average molecular weight is 277 g/mol. The van der Waals surface area contributed by atoms with Crippen LogP contribution in [0, 0.1) is 0 Å². The van der Waals surface area contributed by atoms with Crippen molar-refractivity contribution < 1.29 is 9.53 Å². The normalized spacial score (nSPS) is 10.0. The van der Waals surface area contributed by atoms with Crippen LogP contribution in [0.25, 0.3) is 0 Å². The van der Waals surface area contributed by atoms with Gasteiger partial charge in [0, 0.05) is 5.02 Å².